The Bertz CT molecular complexity index is 1450. The molecule has 3 aromatic rings. The van der Waals surface area contributed by atoms with Gasteiger partial charge in [0.05, 0.1) is 16.3 Å². The van der Waals surface area contributed by atoms with E-state index in [4.69, 9.17) is 32.3 Å². The van der Waals surface area contributed by atoms with Gasteiger partial charge in [0, 0.05) is 36.2 Å². The van der Waals surface area contributed by atoms with E-state index in [0.29, 0.717) is 18.2 Å². The topological polar surface area (TPSA) is 181 Å². The standard InChI is InChI=1S/C20H13ClF4N4O3.C4H4O4/c21-14-3-1-10(7-13(14)20(23,24)25)28-19(31)29-16-4-2-11(8-15(16)22)32-12-5-6-27-17(9-12)18(26)30;5-3(6)1-2-4(7)8/h1-9H,(H2,26,30)(H2,28,29,31);1-2H,(H,5,6)(H,7,8)/b;2-1+. The minimum Gasteiger partial charge on any atom is -0.478 e. The minimum absolute atomic E-state index is 0.0441. The summed E-state index contributed by atoms with van der Waals surface area (Å²) in [5.41, 5.74) is 3.51. The lowest BCUT2D eigenvalue weighted by Gasteiger charge is -2.13. The molecule has 1 aromatic heterocycles. The van der Waals surface area contributed by atoms with E-state index in [9.17, 15) is 36.7 Å². The van der Waals surface area contributed by atoms with Crippen LogP contribution in [0.15, 0.2) is 66.9 Å². The summed E-state index contributed by atoms with van der Waals surface area (Å²) in [5.74, 6) is -3.94. The summed E-state index contributed by atoms with van der Waals surface area (Å²) in [6.45, 7) is 0. The maximum Gasteiger partial charge on any atom is 0.417 e. The molecule has 0 atom stereocenters. The van der Waals surface area contributed by atoms with Crippen molar-refractivity contribution in [2.45, 2.75) is 6.18 Å². The molecule has 40 heavy (non-hydrogen) atoms. The highest BCUT2D eigenvalue weighted by Gasteiger charge is 2.33. The monoisotopic (exact) mass is 584 g/mol. The van der Waals surface area contributed by atoms with Gasteiger partial charge in [-0.3, -0.25) is 9.78 Å². The van der Waals surface area contributed by atoms with Crippen LogP contribution < -0.4 is 21.1 Å². The molecule has 2 aromatic carbocycles. The first-order valence-corrected chi connectivity index (χ1v) is 10.9. The second-order valence-electron chi connectivity index (χ2n) is 7.27. The second kappa shape index (κ2) is 13.6. The van der Waals surface area contributed by atoms with Gasteiger partial charge >= 0.3 is 24.1 Å². The molecule has 0 radical (unpaired) electrons. The van der Waals surface area contributed by atoms with Crippen molar-refractivity contribution in [3.63, 3.8) is 0 Å². The number of carbonyl (C=O) groups is 4. The SMILES string of the molecule is NC(=O)c1cc(Oc2ccc(NC(=O)Nc3ccc(Cl)c(C(F)(F)F)c3)c(F)c2)ccn1.O=C(O)/C=C/C(=O)O. The summed E-state index contributed by atoms with van der Waals surface area (Å²) < 4.78 is 58.5. The number of aliphatic carboxylic acids is 2. The number of nitrogens with one attached hydrogen (secondary N) is 2. The van der Waals surface area contributed by atoms with Crippen molar-refractivity contribution in [3.05, 3.63) is 89.0 Å². The van der Waals surface area contributed by atoms with E-state index in [1.807, 2.05) is 0 Å². The number of urea groups is 1. The lowest BCUT2D eigenvalue weighted by molar-refractivity contribution is -0.137. The van der Waals surface area contributed by atoms with Gasteiger partial charge < -0.3 is 31.3 Å². The average Bonchev–Trinajstić information content (AvgIpc) is 2.85. The number of carboxylic acids is 2. The van der Waals surface area contributed by atoms with Crippen LogP contribution in [-0.4, -0.2) is 39.1 Å². The Morgan fingerprint density at radius 1 is 0.925 bits per heavy atom. The van der Waals surface area contributed by atoms with Gasteiger partial charge in [0.15, 0.2) is 0 Å². The third kappa shape index (κ3) is 9.94. The van der Waals surface area contributed by atoms with Crippen LogP contribution in [0.3, 0.4) is 0 Å². The van der Waals surface area contributed by atoms with Gasteiger partial charge in [-0.05, 0) is 36.4 Å². The third-order valence-electron chi connectivity index (χ3n) is 4.31. The Morgan fingerprint density at radius 2 is 1.55 bits per heavy atom. The van der Waals surface area contributed by atoms with Crippen LogP contribution in [0.25, 0.3) is 0 Å². The van der Waals surface area contributed by atoms with Gasteiger partial charge in [0.1, 0.15) is 23.0 Å². The number of hydrogen-bond donors (Lipinski definition) is 5. The van der Waals surface area contributed by atoms with Crippen LogP contribution in [0.4, 0.5) is 33.7 Å². The number of halogens is 5. The van der Waals surface area contributed by atoms with Crippen molar-refractivity contribution in [2.24, 2.45) is 5.73 Å². The molecular formula is C24H17ClF4N4O7. The van der Waals surface area contributed by atoms with E-state index in [-0.39, 0.29) is 28.6 Å². The summed E-state index contributed by atoms with van der Waals surface area (Å²) in [6, 6.07) is 7.99. The van der Waals surface area contributed by atoms with Crippen LogP contribution >= 0.6 is 11.6 Å². The van der Waals surface area contributed by atoms with Crippen LogP contribution in [-0.2, 0) is 15.8 Å². The number of carbonyl (C=O) groups excluding carboxylic acids is 2. The first kappa shape index (κ1) is 31.0. The van der Waals surface area contributed by atoms with Crippen molar-refractivity contribution < 1.29 is 51.7 Å². The van der Waals surface area contributed by atoms with Gasteiger partial charge in [0.2, 0.25) is 0 Å². The number of nitrogens with two attached hydrogens (primary N) is 1. The lowest BCUT2D eigenvalue weighted by Crippen LogP contribution is -2.20. The number of ether oxygens (including phenoxy) is 1. The number of carboxylic acid groups (broad SMARTS) is 2. The number of rotatable bonds is 7. The maximum absolute atomic E-state index is 14.4. The van der Waals surface area contributed by atoms with Crippen LogP contribution in [0.2, 0.25) is 5.02 Å². The molecule has 3 rings (SSSR count). The van der Waals surface area contributed by atoms with Gasteiger partial charge in [-0.15, -0.1) is 0 Å². The van der Waals surface area contributed by atoms with E-state index < -0.39 is 46.5 Å². The highest BCUT2D eigenvalue weighted by molar-refractivity contribution is 6.31. The van der Waals surface area contributed by atoms with E-state index in [1.165, 1.54) is 36.5 Å². The molecule has 1 heterocycles. The number of benzene rings is 2. The Kier molecular flexibility index (Phi) is 10.5. The van der Waals surface area contributed by atoms with Crippen molar-refractivity contribution in [1.82, 2.24) is 4.98 Å². The van der Waals surface area contributed by atoms with Crippen molar-refractivity contribution >= 4 is 46.9 Å². The summed E-state index contributed by atoms with van der Waals surface area (Å²) in [5, 5.41) is 19.5. The highest BCUT2D eigenvalue weighted by atomic mass is 35.5. The molecule has 210 valence electrons. The van der Waals surface area contributed by atoms with Gasteiger partial charge in [-0.1, -0.05) is 11.6 Å². The average molecular weight is 585 g/mol. The fraction of sp³-hybridized carbons (Fsp3) is 0.0417. The third-order valence-corrected chi connectivity index (χ3v) is 4.64. The fourth-order valence-electron chi connectivity index (χ4n) is 2.65. The molecule has 0 aliphatic carbocycles. The number of primary amides is 1. The maximum atomic E-state index is 14.4. The first-order valence-electron chi connectivity index (χ1n) is 10.5. The normalized spacial score (nSPS) is 10.7. The number of hydrogen-bond acceptors (Lipinski definition) is 6. The lowest BCUT2D eigenvalue weighted by atomic mass is 10.2. The van der Waals surface area contributed by atoms with Crippen molar-refractivity contribution in [2.75, 3.05) is 10.6 Å². The number of alkyl halides is 3. The molecule has 0 bridgehead atoms. The molecule has 0 unspecified atom stereocenters. The predicted octanol–water partition coefficient (Wildman–Crippen LogP) is 5.14. The molecule has 6 N–H and O–H groups in total. The van der Waals surface area contributed by atoms with E-state index in [2.05, 4.69) is 15.6 Å². The van der Waals surface area contributed by atoms with Gasteiger partial charge in [-0.25, -0.2) is 18.8 Å². The number of amides is 3. The fourth-order valence-corrected chi connectivity index (χ4v) is 2.88. The van der Waals surface area contributed by atoms with E-state index >= 15 is 0 Å². The van der Waals surface area contributed by atoms with E-state index in [0.717, 1.165) is 12.1 Å². The Balaban J connectivity index is 0.000000611. The smallest absolute Gasteiger partial charge is 0.417 e. The van der Waals surface area contributed by atoms with Gasteiger partial charge in [0.25, 0.3) is 5.91 Å². The number of pyridine rings is 1. The molecule has 0 spiro atoms. The Labute approximate surface area is 226 Å². The molecular weight excluding hydrogens is 568 g/mol. The largest absolute Gasteiger partial charge is 0.478 e. The quantitative estimate of drug-likeness (QED) is 0.187. The molecule has 0 aliphatic rings. The number of nitrogens with zero attached hydrogens (tertiary/aromatic N) is 1. The highest BCUT2D eigenvalue weighted by Crippen LogP contribution is 2.36. The Morgan fingerprint density at radius 3 is 2.10 bits per heavy atom. The first-order chi connectivity index (χ1) is 18.6. The zero-order valence-corrected chi connectivity index (χ0v) is 20.5. The summed E-state index contributed by atoms with van der Waals surface area (Å²) >= 11 is 5.53. The zero-order chi connectivity index (χ0) is 30.0. The molecule has 16 heteroatoms. The zero-order valence-electron chi connectivity index (χ0n) is 19.7. The molecule has 0 saturated carbocycles. The van der Waals surface area contributed by atoms with Crippen LogP contribution in [0.1, 0.15) is 16.1 Å². The predicted molar refractivity (Wildman–Crippen MR) is 133 cm³/mol. The Hall–Kier alpha value is -5.18. The molecule has 0 aliphatic heterocycles. The summed E-state index contributed by atoms with van der Waals surface area (Å²) in [6.07, 6.45) is -2.31. The minimum atomic E-state index is -4.71. The molecule has 11 nitrogen and oxygen atoms in total. The second-order valence-corrected chi connectivity index (χ2v) is 7.67. The molecule has 0 saturated heterocycles. The summed E-state index contributed by atoms with van der Waals surface area (Å²) in [4.78, 5) is 46.1. The van der Waals surface area contributed by atoms with Crippen molar-refractivity contribution in [3.8, 4) is 11.5 Å². The molecule has 3 amide bonds. The number of aromatic nitrogens is 1. The summed E-state index contributed by atoms with van der Waals surface area (Å²) in [7, 11) is 0. The van der Waals surface area contributed by atoms with Gasteiger partial charge in [-0.2, -0.15) is 13.2 Å². The van der Waals surface area contributed by atoms with E-state index in [1.54, 1.807) is 0 Å². The van der Waals surface area contributed by atoms with Crippen molar-refractivity contribution in [1.29, 1.82) is 0 Å². The van der Waals surface area contributed by atoms with Crippen LogP contribution in [0, 0.1) is 5.82 Å². The molecule has 0 fully saturated rings. The number of anilines is 2. The van der Waals surface area contributed by atoms with Crippen LogP contribution in [0.5, 0.6) is 11.5 Å².